The van der Waals surface area contributed by atoms with Gasteiger partial charge < -0.3 is 14.9 Å². The van der Waals surface area contributed by atoms with Gasteiger partial charge in [-0.25, -0.2) is 0 Å². The molecule has 0 fully saturated rings. The van der Waals surface area contributed by atoms with E-state index in [1.807, 2.05) is 0 Å². The van der Waals surface area contributed by atoms with Crippen LogP contribution in [-0.4, -0.2) is 27.1 Å². The molecule has 0 saturated heterocycles. The van der Waals surface area contributed by atoms with E-state index in [1.54, 1.807) is 18.2 Å². The highest BCUT2D eigenvalue weighted by molar-refractivity contribution is 6.39. The van der Waals surface area contributed by atoms with E-state index < -0.39 is 29.3 Å². The maximum Gasteiger partial charge on any atom is 0.305 e. The number of non-ortho nitro benzene ring substituents is 1. The third-order valence-electron chi connectivity index (χ3n) is 4.46. The van der Waals surface area contributed by atoms with Gasteiger partial charge in [-0.2, -0.15) is 0 Å². The fourth-order valence-corrected chi connectivity index (χ4v) is 3.62. The zero-order valence-corrected chi connectivity index (χ0v) is 17.5. The molecule has 0 aliphatic heterocycles. The van der Waals surface area contributed by atoms with Gasteiger partial charge in [0.15, 0.2) is 0 Å². The number of carboxylic acid groups (broad SMARTS) is 1. The van der Waals surface area contributed by atoms with Crippen LogP contribution in [0.5, 0.6) is 0 Å². The van der Waals surface area contributed by atoms with Crippen molar-refractivity contribution in [3.05, 3.63) is 79.5 Å². The maximum atomic E-state index is 13.1. The quantitative estimate of drug-likeness (QED) is 0.378. The molecule has 1 aromatic heterocycles. The molecule has 1 amide bonds. The molecule has 3 aromatic rings. The van der Waals surface area contributed by atoms with E-state index in [-0.39, 0.29) is 43.9 Å². The Labute approximate surface area is 185 Å². The molecule has 0 radical (unpaired) electrons. The zero-order valence-electron chi connectivity index (χ0n) is 16.0. The minimum atomic E-state index is -1.20. The molecule has 0 saturated carbocycles. The first-order valence-corrected chi connectivity index (χ1v) is 9.62. The van der Waals surface area contributed by atoms with E-state index in [1.165, 1.54) is 31.2 Å². The fourth-order valence-electron chi connectivity index (χ4n) is 3.05. The number of aromatic nitrogens is 1. The predicted octanol–water partition coefficient (Wildman–Crippen LogP) is 4.81. The van der Waals surface area contributed by atoms with Crippen molar-refractivity contribution in [1.29, 1.82) is 0 Å². The molecule has 1 unspecified atom stereocenters. The van der Waals surface area contributed by atoms with Crippen LogP contribution >= 0.6 is 23.2 Å². The normalized spacial score (nSPS) is 11.7. The average Bonchev–Trinajstić information content (AvgIpc) is 3.08. The van der Waals surface area contributed by atoms with Crippen molar-refractivity contribution in [3.8, 4) is 11.3 Å². The SMILES string of the molecule is Cc1onc(-c2c(Cl)cccc2Cl)c1C(=O)NC(CC(=O)O)c1cccc([N+](=O)[O-])c1. The van der Waals surface area contributed by atoms with Gasteiger partial charge in [0, 0.05) is 17.7 Å². The molecule has 160 valence electrons. The number of rotatable bonds is 7. The summed E-state index contributed by atoms with van der Waals surface area (Å²) in [4.78, 5) is 34.9. The summed E-state index contributed by atoms with van der Waals surface area (Å²) in [6.45, 7) is 1.51. The number of nitro benzene ring substituents is 1. The van der Waals surface area contributed by atoms with Crippen LogP contribution in [0.3, 0.4) is 0 Å². The Balaban J connectivity index is 2.01. The standard InChI is InChI=1S/C20H15Cl2N3O6/c1-10-17(19(24-31-10)18-13(21)6-3-7-14(18)22)20(28)23-15(9-16(26)27)11-4-2-5-12(8-11)25(29)30/h2-8,15H,9H2,1H3,(H,23,28)(H,26,27). The van der Waals surface area contributed by atoms with Gasteiger partial charge in [-0.3, -0.25) is 19.7 Å². The second kappa shape index (κ2) is 9.15. The molecule has 31 heavy (non-hydrogen) atoms. The second-order valence-corrected chi connectivity index (χ2v) is 7.35. The van der Waals surface area contributed by atoms with Crippen LogP contribution in [0.15, 0.2) is 47.0 Å². The van der Waals surface area contributed by atoms with E-state index in [2.05, 4.69) is 10.5 Å². The Hall–Kier alpha value is -3.43. The number of nitrogens with one attached hydrogen (secondary N) is 1. The number of nitrogens with zero attached hydrogens (tertiary/aromatic N) is 2. The highest BCUT2D eigenvalue weighted by Crippen LogP contribution is 2.37. The third kappa shape index (κ3) is 4.84. The number of hydrogen-bond donors (Lipinski definition) is 2. The molecule has 2 aromatic carbocycles. The van der Waals surface area contributed by atoms with Crippen LogP contribution in [0.25, 0.3) is 11.3 Å². The van der Waals surface area contributed by atoms with Gasteiger partial charge in [-0.05, 0) is 24.6 Å². The van der Waals surface area contributed by atoms with Crippen LogP contribution in [0.4, 0.5) is 5.69 Å². The molecule has 11 heteroatoms. The first-order valence-electron chi connectivity index (χ1n) is 8.86. The van der Waals surface area contributed by atoms with E-state index in [0.717, 1.165) is 0 Å². The number of benzene rings is 2. The first-order chi connectivity index (χ1) is 14.7. The largest absolute Gasteiger partial charge is 0.481 e. The summed E-state index contributed by atoms with van der Waals surface area (Å²) in [5, 5.41) is 27.3. The molecule has 0 aliphatic carbocycles. The van der Waals surface area contributed by atoms with Crippen LogP contribution < -0.4 is 5.32 Å². The molecule has 0 bridgehead atoms. The topological polar surface area (TPSA) is 136 Å². The third-order valence-corrected chi connectivity index (χ3v) is 5.09. The second-order valence-electron chi connectivity index (χ2n) is 6.54. The molecule has 0 aliphatic rings. The van der Waals surface area contributed by atoms with Gasteiger partial charge in [-0.15, -0.1) is 0 Å². The predicted molar refractivity (Wildman–Crippen MR) is 112 cm³/mol. The van der Waals surface area contributed by atoms with Crippen LogP contribution in [0, 0.1) is 17.0 Å². The van der Waals surface area contributed by atoms with Crippen molar-refractivity contribution in [2.24, 2.45) is 0 Å². The molecule has 1 atom stereocenters. The Kier molecular flexibility index (Phi) is 6.57. The van der Waals surface area contributed by atoms with Gasteiger partial charge in [0.05, 0.1) is 27.4 Å². The monoisotopic (exact) mass is 463 g/mol. The van der Waals surface area contributed by atoms with Crippen molar-refractivity contribution in [2.45, 2.75) is 19.4 Å². The fraction of sp³-hybridized carbons (Fsp3) is 0.150. The zero-order chi connectivity index (χ0) is 22.7. The summed E-state index contributed by atoms with van der Waals surface area (Å²) in [6.07, 6.45) is -0.501. The number of carbonyl (C=O) groups is 2. The number of amides is 1. The Morgan fingerprint density at radius 3 is 2.48 bits per heavy atom. The minimum absolute atomic E-state index is 0.0239. The molecule has 0 spiro atoms. The Morgan fingerprint density at radius 2 is 1.87 bits per heavy atom. The Morgan fingerprint density at radius 1 is 1.23 bits per heavy atom. The number of halogens is 2. The van der Waals surface area contributed by atoms with Gasteiger partial charge in [0.25, 0.3) is 11.6 Å². The smallest absolute Gasteiger partial charge is 0.305 e. The number of aliphatic carboxylic acids is 1. The lowest BCUT2D eigenvalue weighted by Crippen LogP contribution is -2.30. The number of hydrogen-bond acceptors (Lipinski definition) is 6. The lowest BCUT2D eigenvalue weighted by molar-refractivity contribution is -0.384. The highest BCUT2D eigenvalue weighted by atomic mass is 35.5. The van der Waals surface area contributed by atoms with Gasteiger partial charge in [0.1, 0.15) is 17.0 Å². The summed E-state index contributed by atoms with van der Waals surface area (Å²) < 4.78 is 5.17. The number of carbonyl (C=O) groups excluding carboxylic acids is 1. The molecule has 3 rings (SSSR count). The van der Waals surface area contributed by atoms with Gasteiger partial charge >= 0.3 is 5.97 Å². The molecule has 9 nitrogen and oxygen atoms in total. The Bertz CT molecular complexity index is 1160. The van der Waals surface area contributed by atoms with Gasteiger partial charge in [-0.1, -0.05) is 46.6 Å². The summed E-state index contributed by atoms with van der Waals surface area (Å²) in [5.41, 5.74) is 0.440. The van der Waals surface area contributed by atoms with Crippen molar-refractivity contribution < 1.29 is 24.1 Å². The van der Waals surface area contributed by atoms with Crippen LogP contribution in [0.2, 0.25) is 10.0 Å². The van der Waals surface area contributed by atoms with E-state index in [9.17, 15) is 24.8 Å². The van der Waals surface area contributed by atoms with Crippen molar-refractivity contribution in [1.82, 2.24) is 10.5 Å². The van der Waals surface area contributed by atoms with Crippen molar-refractivity contribution >= 4 is 40.8 Å². The summed E-state index contributed by atoms with van der Waals surface area (Å²) in [6, 6.07) is 9.11. The molecular weight excluding hydrogens is 449 g/mol. The minimum Gasteiger partial charge on any atom is -0.481 e. The molecule has 1 heterocycles. The summed E-state index contributed by atoms with van der Waals surface area (Å²) in [5.74, 6) is -1.73. The van der Waals surface area contributed by atoms with Crippen molar-refractivity contribution in [2.75, 3.05) is 0 Å². The lowest BCUT2D eigenvalue weighted by atomic mass is 10.0. The molecular formula is C20H15Cl2N3O6. The average molecular weight is 464 g/mol. The number of nitro groups is 1. The van der Waals surface area contributed by atoms with E-state index in [0.29, 0.717) is 0 Å². The molecule has 2 N–H and O–H groups in total. The van der Waals surface area contributed by atoms with Crippen molar-refractivity contribution in [3.63, 3.8) is 0 Å². The lowest BCUT2D eigenvalue weighted by Gasteiger charge is -2.17. The van der Waals surface area contributed by atoms with Crippen LogP contribution in [-0.2, 0) is 4.79 Å². The number of carboxylic acids is 1. The van der Waals surface area contributed by atoms with E-state index in [4.69, 9.17) is 27.7 Å². The van der Waals surface area contributed by atoms with Gasteiger partial charge in [0.2, 0.25) is 0 Å². The maximum absolute atomic E-state index is 13.1. The number of aryl methyl sites for hydroxylation is 1. The van der Waals surface area contributed by atoms with E-state index >= 15 is 0 Å². The van der Waals surface area contributed by atoms with Crippen LogP contribution in [0.1, 0.15) is 34.1 Å². The summed E-state index contributed by atoms with van der Waals surface area (Å²) >= 11 is 12.5. The summed E-state index contributed by atoms with van der Waals surface area (Å²) in [7, 11) is 0. The highest BCUT2D eigenvalue weighted by Gasteiger charge is 2.28. The first kappa shape index (κ1) is 22.3.